The fraction of sp³-hybridized carbons (Fsp3) is 0.0154. The third-order valence-electron chi connectivity index (χ3n) is 14.1. The fourth-order valence-corrected chi connectivity index (χ4v) is 16.0. The summed E-state index contributed by atoms with van der Waals surface area (Å²) in [6.07, 6.45) is 0. The van der Waals surface area contributed by atoms with Crippen molar-refractivity contribution in [2.45, 2.75) is 5.41 Å². The highest BCUT2D eigenvalue weighted by atomic mass is 28.3. The first-order valence-electron chi connectivity index (χ1n) is 23.3. The molecular formula is C65H47NSi. The van der Waals surface area contributed by atoms with E-state index < -0.39 is 13.5 Å². The molecule has 2 heteroatoms. The maximum atomic E-state index is 2.46. The third-order valence-corrected chi connectivity index (χ3v) is 18.9. The Balaban J connectivity index is 0.982. The van der Waals surface area contributed by atoms with Crippen LogP contribution >= 0.6 is 0 Å². The smallest absolute Gasteiger partial charge is 0.179 e. The van der Waals surface area contributed by atoms with Crippen molar-refractivity contribution in [3.05, 3.63) is 307 Å². The van der Waals surface area contributed by atoms with Crippen LogP contribution in [0.15, 0.2) is 285 Å². The standard InChI is InChI=1S/C65H47NSi/c1-6-23-51(24-7-1)65(62-36-20-22-50-21-16-17-33-59(50)62)63-35-19-18-34-60(63)61-46-43-54(47-64(61)65)66(52-25-8-2-9-26-52)53-41-37-48(38-42-53)49-39-44-58(45-40-49)67(55-27-10-3-11-28-55,56-29-12-4-13-30-56)57-31-14-5-15-32-57/h1-47H. The van der Waals surface area contributed by atoms with Crippen molar-refractivity contribution in [1.29, 1.82) is 0 Å². The lowest BCUT2D eigenvalue weighted by atomic mass is 9.66. The van der Waals surface area contributed by atoms with Crippen molar-refractivity contribution in [2.75, 3.05) is 4.90 Å². The Bertz CT molecular complexity index is 3380. The zero-order chi connectivity index (χ0) is 44.6. The van der Waals surface area contributed by atoms with E-state index in [0.717, 1.165) is 17.1 Å². The highest BCUT2D eigenvalue weighted by molar-refractivity contribution is 7.19. The second kappa shape index (κ2) is 16.9. The van der Waals surface area contributed by atoms with Crippen LogP contribution in [0.5, 0.6) is 0 Å². The van der Waals surface area contributed by atoms with Crippen LogP contribution in [-0.2, 0) is 5.41 Å². The number of para-hydroxylation sites is 1. The van der Waals surface area contributed by atoms with Crippen LogP contribution in [0.1, 0.15) is 22.3 Å². The van der Waals surface area contributed by atoms with Crippen molar-refractivity contribution in [3.8, 4) is 22.3 Å². The predicted octanol–water partition coefficient (Wildman–Crippen LogP) is 13.7. The van der Waals surface area contributed by atoms with E-state index in [1.54, 1.807) is 0 Å². The van der Waals surface area contributed by atoms with Gasteiger partial charge in [0.1, 0.15) is 0 Å². The number of benzene rings is 11. The number of hydrogen-bond acceptors (Lipinski definition) is 1. The fourth-order valence-electron chi connectivity index (χ4n) is 11.2. The Labute approximate surface area is 394 Å². The minimum atomic E-state index is -2.63. The highest BCUT2D eigenvalue weighted by Gasteiger charge is 2.47. The molecule has 1 atom stereocenters. The first-order valence-corrected chi connectivity index (χ1v) is 25.3. The SMILES string of the molecule is c1ccc(N(c2ccc(-c3ccc([Si](c4ccccc4)(c4ccccc4)c4ccccc4)cc3)cc2)c2ccc3c(c2)C(c2ccccc2)(c2cccc4ccccc24)c2ccccc2-3)cc1. The molecule has 316 valence electrons. The van der Waals surface area contributed by atoms with Gasteiger partial charge in [0.15, 0.2) is 8.07 Å². The van der Waals surface area contributed by atoms with Crippen molar-refractivity contribution in [2.24, 2.45) is 0 Å². The summed E-state index contributed by atoms with van der Waals surface area (Å²) in [5, 5.41) is 7.99. The molecule has 1 unspecified atom stereocenters. The molecule has 0 bridgehead atoms. The van der Waals surface area contributed by atoms with E-state index in [0.29, 0.717) is 0 Å². The molecule has 0 aliphatic heterocycles. The summed E-state index contributed by atoms with van der Waals surface area (Å²) in [7, 11) is -2.63. The van der Waals surface area contributed by atoms with Crippen LogP contribution < -0.4 is 25.6 Å². The molecule has 0 heterocycles. The third kappa shape index (κ3) is 6.60. The van der Waals surface area contributed by atoms with Crippen LogP contribution in [0.3, 0.4) is 0 Å². The molecule has 0 fully saturated rings. The van der Waals surface area contributed by atoms with Crippen LogP contribution in [0.2, 0.25) is 0 Å². The number of fused-ring (bicyclic) bond motifs is 4. The van der Waals surface area contributed by atoms with Gasteiger partial charge in [-0.25, -0.2) is 0 Å². The maximum Gasteiger partial charge on any atom is 0.179 e. The topological polar surface area (TPSA) is 3.24 Å². The summed E-state index contributed by atoms with van der Waals surface area (Å²) >= 11 is 0. The number of rotatable bonds is 10. The lowest BCUT2D eigenvalue weighted by Crippen LogP contribution is -2.74. The van der Waals surface area contributed by atoms with E-state index in [9.17, 15) is 0 Å². The molecule has 0 aromatic heterocycles. The Morgan fingerprint density at radius 3 is 1.34 bits per heavy atom. The summed E-state index contributed by atoms with van der Waals surface area (Å²) in [6.45, 7) is 0. The van der Waals surface area contributed by atoms with Gasteiger partial charge in [-0.1, -0.05) is 249 Å². The number of anilines is 3. The van der Waals surface area contributed by atoms with E-state index in [4.69, 9.17) is 0 Å². The van der Waals surface area contributed by atoms with Crippen LogP contribution in [-0.4, -0.2) is 8.07 Å². The average Bonchev–Trinajstić information content (AvgIpc) is 3.71. The zero-order valence-electron chi connectivity index (χ0n) is 37.1. The van der Waals surface area contributed by atoms with Crippen LogP contribution in [0.25, 0.3) is 33.0 Å². The quantitative estimate of drug-likeness (QED) is 0.0978. The van der Waals surface area contributed by atoms with Crippen molar-refractivity contribution in [3.63, 3.8) is 0 Å². The average molecular weight is 870 g/mol. The van der Waals surface area contributed by atoms with E-state index >= 15 is 0 Å². The summed E-state index contributed by atoms with van der Waals surface area (Å²) in [5.41, 5.74) is 12.8. The van der Waals surface area contributed by atoms with E-state index in [1.807, 2.05) is 0 Å². The molecule has 12 rings (SSSR count). The molecule has 0 amide bonds. The van der Waals surface area contributed by atoms with Gasteiger partial charge in [0.2, 0.25) is 0 Å². The molecule has 0 spiro atoms. The lowest BCUT2D eigenvalue weighted by Gasteiger charge is -2.35. The summed E-state index contributed by atoms with van der Waals surface area (Å²) in [6, 6.07) is 106. The largest absolute Gasteiger partial charge is 0.310 e. The van der Waals surface area contributed by atoms with Gasteiger partial charge < -0.3 is 4.90 Å². The molecule has 11 aromatic rings. The first-order chi connectivity index (χ1) is 33.2. The normalized spacial score (nSPS) is 14.0. The second-order valence-electron chi connectivity index (χ2n) is 17.6. The minimum absolute atomic E-state index is 0.551. The summed E-state index contributed by atoms with van der Waals surface area (Å²) in [4.78, 5) is 2.41. The summed E-state index contributed by atoms with van der Waals surface area (Å²) < 4.78 is 0. The van der Waals surface area contributed by atoms with Gasteiger partial charge in [0, 0.05) is 17.1 Å². The maximum absolute atomic E-state index is 2.63. The van der Waals surface area contributed by atoms with Crippen LogP contribution in [0, 0.1) is 0 Å². The Kier molecular flexibility index (Phi) is 10.2. The van der Waals surface area contributed by atoms with Gasteiger partial charge in [0.25, 0.3) is 0 Å². The Morgan fingerprint density at radius 2 is 0.716 bits per heavy atom. The van der Waals surface area contributed by atoms with E-state index in [2.05, 4.69) is 290 Å². The zero-order valence-corrected chi connectivity index (χ0v) is 38.1. The first kappa shape index (κ1) is 40.2. The van der Waals surface area contributed by atoms with E-state index in [-0.39, 0.29) is 0 Å². The van der Waals surface area contributed by atoms with Gasteiger partial charge in [-0.05, 0) is 112 Å². The second-order valence-corrected chi connectivity index (χ2v) is 21.4. The molecule has 0 saturated carbocycles. The molecular weight excluding hydrogens is 823 g/mol. The van der Waals surface area contributed by atoms with Gasteiger partial charge in [0.05, 0.1) is 5.41 Å². The lowest BCUT2D eigenvalue weighted by molar-refractivity contribution is 0.776. The van der Waals surface area contributed by atoms with E-state index in [1.165, 1.54) is 76.0 Å². The molecule has 1 aliphatic carbocycles. The molecule has 0 radical (unpaired) electrons. The van der Waals surface area contributed by atoms with Crippen molar-refractivity contribution < 1.29 is 0 Å². The molecule has 1 aliphatic rings. The molecule has 1 nitrogen and oxygen atoms in total. The van der Waals surface area contributed by atoms with Gasteiger partial charge in [-0.15, -0.1) is 0 Å². The number of nitrogens with zero attached hydrogens (tertiary/aromatic N) is 1. The number of hydrogen-bond donors (Lipinski definition) is 0. The minimum Gasteiger partial charge on any atom is -0.310 e. The Hall–Kier alpha value is -8.30. The Morgan fingerprint density at radius 1 is 0.284 bits per heavy atom. The summed E-state index contributed by atoms with van der Waals surface area (Å²) in [5.74, 6) is 0. The van der Waals surface area contributed by atoms with Gasteiger partial charge >= 0.3 is 0 Å². The molecule has 0 saturated heterocycles. The predicted molar refractivity (Wildman–Crippen MR) is 285 cm³/mol. The molecule has 11 aromatic carbocycles. The van der Waals surface area contributed by atoms with Crippen LogP contribution in [0.4, 0.5) is 17.1 Å². The van der Waals surface area contributed by atoms with Gasteiger partial charge in [-0.2, -0.15) is 0 Å². The van der Waals surface area contributed by atoms with Crippen molar-refractivity contribution >= 4 is 56.7 Å². The highest BCUT2D eigenvalue weighted by Crippen LogP contribution is 2.58. The molecule has 67 heavy (non-hydrogen) atoms. The monoisotopic (exact) mass is 869 g/mol. The molecule has 0 N–H and O–H groups in total. The van der Waals surface area contributed by atoms with Gasteiger partial charge in [-0.3, -0.25) is 0 Å². The van der Waals surface area contributed by atoms with Crippen molar-refractivity contribution in [1.82, 2.24) is 0 Å².